The maximum Gasteiger partial charge on any atom is 0.0110 e. The third kappa shape index (κ3) is 4.04. The average Bonchev–Trinajstić information content (AvgIpc) is 2.57. The van der Waals surface area contributed by atoms with Crippen molar-refractivity contribution in [1.29, 1.82) is 0 Å². The summed E-state index contributed by atoms with van der Waals surface area (Å²) in [5.74, 6) is 0. The summed E-state index contributed by atoms with van der Waals surface area (Å²) in [6, 6.07) is 0. The Balaban J connectivity index is 1.62. The highest BCUT2D eigenvalue weighted by molar-refractivity contribution is 4.71. The highest BCUT2D eigenvalue weighted by Gasteiger charge is 2.15. The van der Waals surface area contributed by atoms with Crippen molar-refractivity contribution < 1.29 is 0 Å². The Morgan fingerprint density at radius 1 is 0.625 bits per heavy atom. The van der Waals surface area contributed by atoms with Gasteiger partial charge in [0.1, 0.15) is 0 Å². The molecule has 0 radical (unpaired) electrons. The second kappa shape index (κ2) is 6.58. The van der Waals surface area contributed by atoms with E-state index in [0.29, 0.717) is 0 Å². The van der Waals surface area contributed by atoms with Crippen LogP contribution in [0.25, 0.3) is 0 Å². The number of rotatable bonds is 3. The quantitative estimate of drug-likeness (QED) is 0.712. The molecule has 0 atom stereocenters. The van der Waals surface area contributed by atoms with Gasteiger partial charge in [0.25, 0.3) is 0 Å². The standard InChI is InChI=1S/C13H27N3/c1-14-8-10-16(11-9-14)13-12-15-6-4-2-3-5-7-15/h2-13H2,1H3. The van der Waals surface area contributed by atoms with E-state index in [-0.39, 0.29) is 0 Å². The van der Waals surface area contributed by atoms with Gasteiger partial charge in [-0.15, -0.1) is 0 Å². The van der Waals surface area contributed by atoms with E-state index < -0.39 is 0 Å². The predicted molar refractivity (Wildman–Crippen MR) is 68.8 cm³/mol. The lowest BCUT2D eigenvalue weighted by Crippen LogP contribution is -2.47. The second-order valence-electron chi connectivity index (χ2n) is 5.40. The molecule has 0 amide bonds. The Kier molecular flexibility index (Phi) is 5.07. The van der Waals surface area contributed by atoms with E-state index in [2.05, 4.69) is 21.7 Å². The van der Waals surface area contributed by atoms with Crippen LogP contribution >= 0.6 is 0 Å². The van der Waals surface area contributed by atoms with Gasteiger partial charge in [-0.25, -0.2) is 0 Å². The molecular weight excluding hydrogens is 198 g/mol. The molecule has 2 rings (SSSR count). The number of likely N-dealkylation sites (N-methyl/N-ethyl adjacent to an activating group) is 1. The molecule has 0 bridgehead atoms. The lowest BCUT2D eigenvalue weighted by molar-refractivity contribution is 0.136. The Morgan fingerprint density at radius 2 is 1.12 bits per heavy atom. The second-order valence-corrected chi connectivity index (χ2v) is 5.40. The molecule has 0 aromatic rings. The minimum absolute atomic E-state index is 1.25. The maximum atomic E-state index is 2.67. The summed E-state index contributed by atoms with van der Waals surface area (Å²) < 4.78 is 0. The Hall–Kier alpha value is -0.120. The first-order chi connectivity index (χ1) is 7.84. The van der Waals surface area contributed by atoms with Crippen molar-refractivity contribution in [2.45, 2.75) is 25.7 Å². The molecule has 0 spiro atoms. The molecule has 0 unspecified atom stereocenters. The van der Waals surface area contributed by atoms with Crippen molar-refractivity contribution in [2.24, 2.45) is 0 Å². The minimum Gasteiger partial charge on any atom is -0.304 e. The van der Waals surface area contributed by atoms with Gasteiger partial charge in [-0.05, 0) is 33.0 Å². The minimum atomic E-state index is 1.25. The van der Waals surface area contributed by atoms with Gasteiger partial charge in [0.15, 0.2) is 0 Å². The molecule has 0 aliphatic carbocycles. The molecule has 0 aromatic carbocycles. The van der Waals surface area contributed by atoms with Gasteiger partial charge in [0.2, 0.25) is 0 Å². The molecule has 0 aromatic heterocycles. The molecular formula is C13H27N3. The van der Waals surface area contributed by atoms with Crippen molar-refractivity contribution in [3.8, 4) is 0 Å². The summed E-state index contributed by atoms with van der Waals surface area (Å²) in [6.07, 6.45) is 5.74. The molecule has 3 heteroatoms. The van der Waals surface area contributed by atoms with Gasteiger partial charge in [-0.2, -0.15) is 0 Å². The van der Waals surface area contributed by atoms with E-state index in [1.807, 2.05) is 0 Å². The zero-order valence-electron chi connectivity index (χ0n) is 10.8. The highest BCUT2D eigenvalue weighted by atomic mass is 15.3. The van der Waals surface area contributed by atoms with Crippen molar-refractivity contribution in [1.82, 2.24) is 14.7 Å². The predicted octanol–water partition coefficient (Wildman–Crippen LogP) is 1.11. The zero-order valence-corrected chi connectivity index (χ0v) is 10.8. The lowest BCUT2D eigenvalue weighted by atomic mass is 10.2. The third-order valence-electron chi connectivity index (χ3n) is 4.03. The van der Waals surface area contributed by atoms with Crippen LogP contribution in [0.1, 0.15) is 25.7 Å². The summed E-state index contributed by atoms with van der Waals surface area (Å²) in [6.45, 7) is 10.3. The van der Waals surface area contributed by atoms with Crippen molar-refractivity contribution in [3.05, 3.63) is 0 Å². The Labute approximate surface area is 100 Å². The first kappa shape index (κ1) is 12.3. The van der Waals surface area contributed by atoms with E-state index in [9.17, 15) is 0 Å². The van der Waals surface area contributed by atoms with Gasteiger partial charge in [0.05, 0.1) is 0 Å². The van der Waals surface area contributed by atoms with Crippen molar-refractivity contribution in [3.63, 3.8) is 0 Å². The van der Waals surface area contributed by atoms with E-state index >= 15 is 0 Å². The van der Waals surface area contributed by atoms with Gasteiger partial charge in [-0.3, -0.25) is 4.90 Å². The van der Waals surface area contributed by atoms with Gasteiger partial charge >= 0.3 is 0 Å². The van der Waals surface area contributed by atoms with E-state index in [1.165, 1.54) is 78.0 Å². The van der Waals surface area contributed by atoms with Gasteiger partial charge in [0, 0.05) is 39.3 Å². The Morgan fingerprint density at radius 3 is 1.69 bits per heavy atom. The molecule has 2 saturated heterocycles. The van der Waals surface area contributed by atoms with Crippen LogP contribution in [-0.4, -0.2) is 74.1 Å². The van der Waals surface area contributed by atoms with E-state index in [0.717, 1.165) is 0 Å². The normalized spacial score (nSPS) is 26.8. The third-order valence-corrected chi connectivity index (χ3v) is 4.03. The molecule has 94 valence electrons. The fourth-order valence-corrected chi connectivity index (χ4v) is 2.71. The smallest absolute Gasteiger partial charge is 0.0110 e. The molecule has 16 heavy (non-hydrogen) atoms. The van der Waals surface area contributed by atoms with Crippen LogP contribution in [0.4, 0.5) is 0 Å². The average molecular weight is 225 g/mol. The largest absolute Gasteiger partial charge is 0.304 e. The van der Waals surface area contributed by atoms with Crippen LogP contribution in [0.5, 0.6) is 0 Å². The maximum absolute atomic E-state index is 2.67. The summed E-state index contributed by atoms with van der Waals surface area (Å²) in [5, 5.41) is 0. The molecule has 3 nitrogen and oxygen atoms in total. The van der Waals surface area contributed by atoms with Crippen molar-refractivity contribution >= 4 is 0 Å². The summed E-state index contributed by atoms with van der Waals surface area (Å²) in [5.41, 5.74) is 0. The van der Waals surface area contributed by atoms with Crippen LogP contribution in [-0.2, 0) is 0 Å². The molecule has 2 heterocycles. The lowest BCUT2D eigenvalue weighted by Gasteiger charge is -2.33. The van der Waals surface area contributed by atoms with Crippen LogP contribution in [0.3, 0.4) is 0 Å². The van der Waals surface area contributed by atoms with Crippen LogP contribution in [0.15, 0.2) is 0 Å². The summed E-state index contributed by atoms with van der Waals surface area (Å²) >= 11 is 0. The summed E-state index contributed by atoms with van der Waals surface area (Å²) in [4.78, 5) is 7.73. The van der Waals surface area contributed by atoms with Crippen LogP contribution in [0, 0.1) is 0 Å². The van der Waals surface area contributed by atoms with Gasteiger partial charge in [-0.1, -0.05) is 12.8 Å². The topological polar surface area (TPSA) is 9.72 Å². The first-order valence-corrected chi connectivity index (χ1v) is 6.98. The number of piperazine rings is 1. The van der Waals surface area contributed by atoms with Crippen LogP contribution in [0.2, 0.25) is 0 Å². The monoisotopic (exact) mass is 225 g/mol. The molecule has 2 aliphatic rings. The van der Waals surface area contributed by atoms with Gasteiger partial charge < -0.3 is 9.80 Å². The first-order valence-electron chi connectivity index (χ1n) is 6.98. The molecule has 0 saturated carbocycles. The number of nitrogens with zero attached hydrogens (tertiary/aromatic N) is 3. The molecule has 2 fully saturated rings. The van der Waals surface area contributed by atoms with Crippen LogP contribution < -0.4 is 0 Å². The molecule has 2 aliphatic heterocycles. The fourth-order valence-electron chi connectivity index (χ4n) is 2.71. The SMILES string of the molecule is CN1CCN(CCN2CCCCCC2)CC1. The fraction of sp³-hybridized carbons (Fsp3) is 1.00. The van der Waals surface area contributed by atoms with Crippen molar-refractivity contribution in [2.75, 3.05) is 59.4 Å². The number of hydrogen-bond donors (Lipinski definition) is 0. The Bertz CT molecular complexity index is 180. The molecule has 0 N–H and O–H groups in total. The van der Waals surface area contributed by atoms with E-state index in [1.54, 1.807) is 0 Å². The highest BCUT2D eigenvalue weighted by Crippen LogP contribution is 2.09. The zero-order chi connectivity index (χ0) is 11.2. The number of likely N-dealkylation sites (tertiary alicyclic amines) is 1. The summed E-state index contributed by atoms with van der Waals surface area (Å²) in [7, 11) is 2.23. The number of hydrogen-bond acceptors (Lipinski definition) is 3. The van der Waals surface area contributed by atoms with E-state index in [4.69, 9.17) is 0 Å².